The van der Waals surface area contributed by atoms with Crippen molar-refractivity contribution in [3.05, 3.63) is 99.2 Å². The molecule has 0 fully saturated rings. The molecular formula is C29H36O2. The van der Waals surface area contributed by atoms with Gasteiger partial charge in [-0.2, -0.15) is 0 Å². The summed E-state index contributed by atoms with van der Waals surface area (Å²) in [6.07, 6.45) is 5.67. The number of carbonyl (C=O) groups excluding carboxylic acids is 1. The zero-order valence-corrected chi connectivity index (χ0v) is 20.1. The van der Waals surface area contributed by atoms with Gasteiger partial charge in [0.2, 0.25) is 0 Å². The van der Waals surface area contributed by atoms with Crippen molar-refractivity contribution < 1.29 is 9.53 Å². The van der Waals surface area contributed by atoms with Gasteiger partial charge >= 0.3 is 0 Å². The number of carbonyl (C=O) groups is 1. The summed E-state index contributed by atoms with van der Waals surface area (Å²) >= 11 is 0. The second kappa shape index (κ2) is 11.5. The Kier molecular flexibility index (Phi) is 9.05. The van der Waals surface area contributed by atoms with E-state index in [4.69, 9.17) is 4.74 Å². The summed E-state index contributed by atoms with van der Waals surface area (Å²) < 4.78 is 6.44. The van der Waals surface area contributed by atoms with Crippen molar-refractivity contribution in [3.63, 3.8) is 0 Å². The van der Waals surface area contributed by atoms with Crippen LogP contribution in [0.5, 0.6) is 0 Å². The van der Waals surface area contributed by atoms with Gasteiger partial charge in [-0.3, -0.25) is 4.79 Å². The first-order chi connectivity index (χ1) is 14.8. The molecule has 2 heteroatoms. The van der Waals surface area contributed by atoms with E-state index in [0.717, 1.165) is 28.7 Å². The molecule has 0 saturated heterocycles. The molecule has 0 aliphatic heterocycles. The normalized spacial score (nSPS) is 13.1. The Balaban J connectivity index is 2.63. The molecule has 0 aromatic heterocycles. The zero-order valence-electron chi connectivity index (χ0n) is 20.1. The van der Waals surface area contributed by atoms with Crippen LogP contribution in [0.4, 0.5) is 0 Å². The van der Waals surface area contributed by atoms with Gasteiger partial charge in [0, 0.05) is 17.6 Å². The summed E-state index contributed by atoms with van der Waals surface area (Å²) in [4.78, 5) is 12.9. The van der Waals surface area contributed by atoms with Gasteiger partial charge in [-0.15, -0.1) is 0 Å². The Morgan fingerprint density at radius 1 is 1.00 bits per heavy atom. The molecule has 0 N–H and O–H groups in total. The van der Waals surface area contributed by atoms with E-state index in [2.05, 4.69) is 71.0 Å². The van der Waals surface area contributed by atoms with Gasteiger partial charge in [0.1, 0.15) is 12.4 Å². The van der Waals surface area contributed by atoms with Crippen LogP contribution < -0.4 is 0 Å². The van der Waals surface area contributed by atoms with Crippen molar-refractivity contribution in [1.82, 2.24) is 0 Å². The van der Waals surface area contributed by atoms with E-state index in [1.165, 1.54) is 22.3 Å². The van der Waals surface area contributed by atoms with E-state index in [0.29, 0.717) is 18.8 Å². The molecule has 0 aliphatic carbocycles. The molecule has 0 unspecified atom stereocenters. The van der Waals surface area contributed by atoms with Crippen molar-refractivity contribution in [2.24, 2.45) is 0 Å². The number of hydrogen-bond acceptors (Lipinski definition) is 2. The Labute approximate surface area is 188 Å². The smallest absolute Gasteiger partial charge is 0.159 e. The lowest BCUT2D eigenvalue weighted by atomic mass is 9.92. The summed E-state index contributed by atoms with van der Waals surface area (Å²) in [5, 5.41) is 0. The Bertz CT molecular complexity index is 1020. The van der Waals surface area contributed by atoms with Crippen LogP contribution in [0.1, 0.15) is 68.4 Å². The summed E-state index contributed by atoms with van der Waals surface area (Å²) in [5.41, 5.74) is 8.79. The minimum absolute atomic E-state index is 0.0469. The molecule has 2 aromatic rings. The summed E-state index contributed by atoms with van der Waals surface area (Å²) in [6, 6.07) is 14.5. The lowest BCUT2D eigenvalue weighted by Gasteiger charge is -2.19. The zero-order chi connectivity index (χ0) is 23.0. The van der Waals surface area contributed by atoms with Gasteiger partial charge in [-0.1, -0.05) is 72.7 Å². The highest BCUT2D eigenvalue weighted by molar-refractivity contribution is 6.00. The standard InChI is InChI=1S/C29H36O2/c1-8-12-25(21(4)9-2)18-28(24(7)30)29(27-16-15-20(3)17-23(27)6)31-19-26-14-11-10-13-22(26)5/h8,10-17H,9,18-19H2,1-7H3/b12-8-,25-21+,29-28+. The molecule has 0 radical (unpaired) electrons. The second-order valence-electron chi connectivity index (χ2n) is 8.23. The van der Waals surface area contributed by atoms with Crippen LogP contribution in [-0.4, -0.2) is 5.78 Å². The lowest BCUT2D eigenvalue weighted by molar-refractivity contribution is -0.113. The molecule has 0 atom stereocenters. The molecule has 0 bridgehead atoms. The highest BCUT2D eigenvalue weighted by atomic mass is 16.5. The van der Waals surface area contributed by atoms with Gasteiger partial charge in [0.25, 0.3) is 0 Å². The van der Waals surface area contributed by atoms with E-state index < -0.39 is 0 Å². The molecule has 0 saturated carbocycles. The Hall–Kier alpha value is -2.87. The first-order valence-electron chi connectivity index (χ1n) is 11.1. The van der Waals surface area contributed by atoms with E-state index in [1.807, 2.05) is 25.1 Å². The Morgan fingerprint density at radius 3 is 2.29 bits per heavy atom. The maximum atomic E-state index is 12.9. The monoisotopic (exact) mass is 416 g/mol. The predicted octanol–water partition coefficient (Wildman–Crippen LogP) is 7.82. The predicted molar refractivity (Wildman–Crippen MR) is 132 cm³/mol. The number of Topliss-reactive ketones (excluding diaryl/α,β-unsaturated/α-hetero) is 1. The van der Waals surface area contributed by atoms with Crippen LogP contribution in [0.2, 0.25) is 0 Å². The molecule has 0 heterocycles. The van der Waals surface area contributed by atoms with E-state index >= 15 is 0 Å². The van der Waals surface area contributed by atoms with Crippen LogP contribution in [0.3, 0.4) is 0 Å². The number of ketones is 1. The molecule has 164 valence electrons. The molecule has 2 rings (SSSR count). The Morgan fingerprint density at radius 2 is 1.71 bits per heavy atom. The molecule has 2 nitrogen and oxygen atoms in total. The fraction of sp³-hybridized carbons (Fsp3) is 0.345. The number of hydrogen-bond donors (Lipinski definition) is 0. The maximum absolute atomic E-state index is 12.9. The van der Waals surface area contributed by atoms with Gasteiger partial charge < -0.3 is 4.74 Å². The topological polar surface area (TPSA) is 26.3 Å². The lowest BCUT2D eigenvalue weighted by Crippen LogP contribution is -2.08. The summed E-state index contributed by atoms with van der Waals surface area (Å²) in [7, 11) is 0. The van der Waals surface area contributed by atoms with Crippen LogP contribution in [0, 0.1) is 20.8 Å². The highest BCUT2D eigenvalue weighted by Gasteiger charge is 2.19. The van der Waals surface area contributed by atoms with E-state index in [9.17, 15) is 4.79 Å². The third-order valence-corrected chi connectivity index (χ3v) is 5.77. The van der Waals surface area contributed by atoms with E-state index in [-0.39, 0.29) is 5.78 Å². The number of rotatable bonds is 9. The van der Waals surface area contributed by atoms with Gasteiger partial charge in [-0.05, 0) is 70.2 Å². The number of ether oxygens (including phenoxy) is 1. The largest absolute Gasteiger partial charge is 0.488 e. The van der Waals surface area contributed by atoms with Gasteiger partial charge in [0.15, 0.2) is 5.78 Å². The van der Waals surface area contributed by atoms with Gasteiger partial charge in [0.05, 0.1) is 0 Å². The summed E-state index contributed by atoms with van der Waals surface area (Å²) in [5.74, 6) is 0.741. The molecule has 0 amide bonds. The van der Waals surface area contributed by atoms with Crippen molar-refractivity contribution in [2.75, 3.05) is 0 Å². The minimum Gasteiger partial charge on any atom is -0.488 e. The minimum atomic E-state index is 0.0469. The van der Waals surface area contributed by atoms with Crippen LogP contribution >= 0.6 is 0 Å². The average molecular weight is 417 g/mol. The first kappa shape index (κ1) is 24.4. The van der Waals surface area contributed by atoms with E-state index in [1.54, 1.807) is 6.92 Å². The van der Waals surface area contributed by atoms with Crippen LogP contribution in [-0.2, 0) is 16.1 Å². The van der Waals surface area contributed by atoms with Crippen LogP contribution in [0.25, 0.3) is 5.76 Å². The third kappa shape index (κ3) is 6.55. The van der Waals surface area contributed by atoms with Crippen molar-refractivity contribution in [2.45, 2.75) is 67.9 Å². The number of aryl methyl sites for hydroxylation is 3. The van der Waals surface area contributed by atoms with Crippen molar-refractivity contribution in [1.29, 1.82) is 0 Å². The average Bonchev–Trinajstić information content (AvgIpc) is 2.73. The number of allylic oxidation sites excluding steroid dienone is 5. The highest BCUT2D eigenvalue weighted by Crippen LogP contribution is 2.31. The molecule has 31 heavy (non-hydrogen) atoms. The van der Waals surface area contributed by atoms with Crippen molar-refractivity contribution >= 4 is 11.5 Å². The second-order valence-corrected chi connectivity index (χ2v) is 8.23. The molecule has 0 aliphatic rings. The molecule has 0 spiro atoms. The van der Waals surface area contributed by atoms with Gasteiger partial charge in [-0.25, -0.2) is 0 Å². The maximum Gasteiger partial charge on any atom is 0.159 e. The number of benzene rings is 2. The fourth-order valence-corrected chi connectivity index (χ4v) is 3.65. The van der Waals surface area contributed by atoms with Crippen LogP contribution in [0.15, 0.2) is 71.3 Å². The molecular weight excluding hydrogens is 380 g/mol. The van der Waals surface area contributed by atoms with Crippen molar-refractivity contribution in [3.8, 4) is 0 Å². The first-order valence-corrected chi connectivity index (χ1v) is 11.1. The molecule has 2 aromatic carbocycles. The SMILES string of the molecule is C/C=C\C(C/C(C(C)=O)=C(\OCc1ccccc1C)c1ccc(C)cc1C)=C(\C)CC. The quantitative estimate of drug-likeness (QED) is 0.236. The fourth-order valence-electron chi connectivity index (χ4n) is 3.65. The third-order valence-electron chi connectivity index (χ3n) is 5.77. The summed E-state index contributed by atoms with van der Waals surface area (Å²) in [6.45, 7) is 14.6.